The van der Waals surface area contributed by atoms with Crippen LogP contribution in [0.3, 0.4) is 0 Å². The second-order valence-corrected chi connectivity index (χ2v) is 4.26. The monoisotopic (exact) mass is 228 g/mol. The number of halogens is 3. The standard InChI is InChI=1S/C11H11F3N2/c1-10(2,3)6-4-9-15-7-5-8(16-9)11(12,13)14/h5,7H,1-3H3. The van der Waals surface area contributed by atoms with Crippen molar-refractivity contribution in [2.24, 2.45) is 5.41 Å². The van der Waals surface area contributed by atoms with Gasteiger partial charge in [-0.05, 0) is 32.8 Å². The van der Waals surface area contributed by atoms with Crippen LogP contribution in [-0.2, 0) is 6.18 Å². The Morgan fingerprint density at radius 3 is 2.31 bits per heavy atom. The minimum Gasteiger partial charge on any atom is -0.229 e. The van der Waals surface area contributed by atoms with Gasteiger partial charge in [0.15, 0.2) is 0 Å². The summed E-state index contributed by atoms with van der Waals surface area (Å²) in [6, 6.07) is 0.822. The highest BCUT2D eigenvalue weighted by molar-refractivity contribution is 5.24. The van der Waals surface area contributed by atoms with Gasteiger partial charge in [-0.15, -0.1) is 0 Å². The van der Waals surface area contributed by atoms with Crippen molar-refractivity contribution >= 4 is 0 Å². The first-order valence-corrected chi connectivity index (χ1v) is 4.62. The lowest BCUT2D eigenvalue weighted by Gasteiger charge is -2.07. The number of hydrogen-bond donors (Lipinski definition) is 0. The molecular formula is C11H11F3N2. The molecule has 0 aromatic carbocycles. The molecule has 0 amide bonds. The predicted octanol–water partition coefficient (Wildman–Crippen LogP) is 2.89. The highest BCUT2D eigenvalue weighted by Gasteiger charge is 2.32. The van der Waals surface area contributed by atoms with Gasteiger partial charge in [0.1, 0.15) is 5.69 Å². The van der Waals surface area contributed by atoms with Gasteiger partial charge in [0.05, 0.1) is 0 Å². The maximum absolute atomic E-state index is 12.3. The number of rotatable bonds is 0. The Bertz CT molecular complexity index is 433. The van der Waals surface area contributed by atoms with E-state index < -0.39 is 11.9 Å². The van der Waals surface area contributed by atoms with Crippen molar-refractivity contribution in [2.45, 2.75) is 26.9 Å². The molecule has 1 rings (SSSR count). The van der Waals surface area contributed by atoms with Gasteiger partial charge in [0.2, 0.25) is 5.82 Å². The van der Waals surface area contributed by atoms with Crippen LogP contribution in [0.15, 0.2) is 12.3 Å². The Labute approximate surface area is 91.9 Å². The quantitative estimate of drug-likeness (QED) is 0.638. The summed E-state index contributed by atoms with van der Waals surface area (Å²) in [6.07, 6.45) is -3.40. The van der Waals surface area contributed by atoms with E-state index in [2.05, 4.69) is 21.8 Å². The van der Waals surface area contributed by atoms with Crippen LogP contribution in [0.4, 0.5) is 13.2 Å². The van der Waals surface area contributed by atoms with E-state index in [4.69, 9.17) is 0 Å². The molecule has 1 aromatic heterocycles. The van der Waals surface area contributed by atoms with Crippen LogP contribution in [0.1, 0.15) is 32.3 Å². The van der Waals surface area contributed by atoms with Crippen LogP contribution in [0, 0.1) is 17.3 Å². The van der Waals surface area contributed by atoms with Crippen LogP contribution in [0.25, 0.3) is 0 Å². The van der Waals surface area contributed by atoms with Gasteiger partial charge in [0.25, 0.3) is 0 Å². The van der Waals surface area contributed by atoms with E-state index in [-0.39, 0.29) is 11.2 Å². The molecule has 0 saturated heterocycles. The van der Waals surface area contributed by atoms with Crippen molar-refractivity contribution in [1.29, 1.82) is 0 Å². The molecule has 0 aliphatic carbocycles. The van der Waals surface area contributed by atoms with Gasteiger partial charge < -0.3 is 0 Å². The van der Waals surface area contributed by atoms with Crippen molar-refractivity contribution < 1.29 is 13.2 Å². The van der Waals surface area contributed by atoms with Gasteiger partial charge in [-0.25, -0.2) is 9.97 Å². The zero-order valence-electron chi connectivity index (χ0n) is 9.18. The van der Waals surface area contributed by atoms with Crippen molar-refractivity contribution in [1.82, 2.24) is 9.97 Å². The lowest BCUT2D eigenvalue weighted by Crippen LogP contribution is -2.09. The summed E-state index contributed by atoms with van der Waals surface area (Å²) < 4.78 is 36.9. The average molecular weight is 228 g/mol. The highest BCUT2D eigenvalue weighted by Crippen LogP contribution is 2.26. The molecule has 0 fully saturated rings. The summed E-state index contributed by atoms with van der Waals surface area (Å²) in [6.45, 7) is 5.56. The fourth-order valence-corrected chi connectivity index (χ4v) is 0.820. The average Bonchev–Trinajstić information content (AvgIpc) is 2.13. The van der Waals surface area contributed by atoms with Crippen LogP contribution < -0.4 is 0 Å². The summed E-state index contributed by atoms with van der Waals surface area (Å²) >= 11 is 0. The summed E-state index contributed by atoms with van der Waals surface area (Å²) in [5, 5.41) is 0. The first-order valence-electron chi connectivity index (χ1n) is 4.62. The van der Waals surface area contributed by atoms with E-state index in [0.717, 1.165) is 12.3 Å². The second-order valence-electron chi connectivity index (χ2n) is 4.26. The smallest absolute Gasteiger partial charge is 0.229 e. The molecule has 5 heteroatoms. The fraction of sp³-hybridized carbons (Fsp3) is 0.455. The molecule has 2 nitrogen and oxygen atoms in total. The molecule has 0 aliphatic rings. The Hall–Kier alpha value is -1.57. The minimum atomic E-state index is -4.46. The summed E-state index contributed by atoms with van der Waals surface area (Å²) in [5.74, 6) is 5.19. The number of hydrogen-bond acceptors (Lipinski definition) is 2. The van der Waals surface area contributed by atoms with E-state index in [0.29, 0.717) is 0 Å². The number of alkyl halides is 3. The summed E-state index contributed by atoms with van der Waals surface area (Å²) in [7, 11) is 0. The Balaban J connectivity index is 3.04. The van der Waals surface area contributed by atoms with Crippen molar-refractivity contribution in [2.75, 3.05) is 0 Å². The maximum Gasteiger partial charge on any atom is 0.433 e. The molecule has 0 aliphatic heterocycles. The first-order chi connectivity index (χ1) is 7.18. The molecule has 1 heterocycles. The first kappa shape index (κ1) is 12.5. The molecular weight excluding hydrogens is 217 g/mol. The molecule has 1 aromatic rings. The molecule has 0 spiro atoms. The van der Waals surface area contributed by atoms with Crippen molar-refractivity contribution in [3.05, 3.63) is 23.8 Å². The SMILES string of the molecule is CC(C)(C)C#Cc1nccc(C(F)(F)F)n1. The van der Waals surface area contributed by atoms with Crippen LogP contribution >= 0.6 is 0 Å². The predicted molar refractivity (Wildman–Crippen MR) is 53.4 cm³/mol. The van der Waals surface area contributed by atoms with Crippen molar-refractivity contribution in [3.8, 4) is 11.8 Å². The summed E-state index contributed by atoms with van der Waals surface area (Å²) in [4.78, 5) is 7.01. The summed E-state index contributed by atoms with van der Waals surface area (Å²) in [5.41, 5.74) is -1.27. The lowest BCUT2D eigenvalue weighted by atomic mass is 9.98. The van der Waals surface area contributed by atoms with Crippen LogP contribution in [-0.4, -0.2) is 9.97 Å². The van der Waals surface area contributed by atoms with E-state index >= 15 is 0 Å². The third-order valence-electron chi connectivity index (χ3n) is 1.50. The minimum absolute atomic E-state index is 0.107. The molecule has 0 N–H and O–H groups in total. The molecule has 0 unspecified atom stereocenters. The van der Waals surface area contributed by atoms with Gasteiger partial charge in [0, 0.05) is 11.6 Å². The van der Waals surface area contributed by atoms with Crippen molar-refractivity contribution in [3.63, 3.8) is 0 Å². The van der Waals surface area contributed by atoms with E-state index in [1.165, 1.54) is 0 Å². The van der Waals surface area contributed by atoms with E-state index in [1.807, 2.05) is 20.8 Å². The highest BCUT2D eigenvalue weighted by atomic mass is 19.4. The largest absolute Gasteiger partial charge is 0.433 e. The molecule has 86 valence electrons. The van der Waals surface area contributed by atoms with Gasteiger partial charge in [-0.3, -0.25) is 0 Å². The molecule has 0 saturated carbocycles. The fourth-order valence-electron chi connectivity index (χ4n) is 0.820. The third kappa shape index (κ3) is 3.89. The van der Waals surface area contributed by atoms with Crippen LogP contribution in [0.5, 0.6) is 0 Å². The molecule has 16 heavy (non-hydrogen) atoms. The molecule has 0 atom stereocenters. The topological polar surface area (TPSA) is 25.8 Å². The van der Waals surface area contributed by atoms with E-state index in [1.54, 1.807) is 0 Å². The third-order valence-corrected chi connectivity index (χ3v) is 1.50. The number of aromatic nitrogens is 2. The second kappa shape index (κ2) is 4.12. The Morgan fingerprint density at radius 1 is 1.19 bits per heavy atom. The van der Waals surface area contributed by atoms with Gasteiger partial charge >= 0.3 is 6.18 Å². The maximum atomic E-state index is 12.3. The molecule has 0 bridgehead atoms. The Kier molecular flexibility index (Phi) is 3.22. The zero-order chi connectivity index (χ0) is 12.4. The Morgan fingerprint density at radius 2 is 1.81 bits per heavy atom. The zero-order valence-corrected chi connectivity index (χ0v) is 9.18. The van der Waals surface area contributed by atoms with Gasteiger partial charge in [-0.1, -0.05) is 5.92 Å². The van der Waals surface area contributed by atoms with E-state index in [9.17, 15) is 13.2 Å². The normalized spacial score (nSPS) is 11.9. The van der Waals surface area contributed by atoms with Gasteiger partial charge in [-0.2, -0.15) is 13.2 Å². The number of nitrogens with zero attached hydrogens (tertiary/aromatic N) is 2. The lowest BCUT2D eigenvalue weighted by molar-refractivity contribution is -0.141. The van der Waals surface area contributed by atoms with Crippen LogP contribution in [0.2, 0.25) is 0 Å². The molecule has 0 radical (unpaired) electrons.